The maximum atomic E-state index is 13.3. The standard InChI is InChI=1S/C31H32ClF3N4O2.C24H27Cl2N3O2/c1-38(30(41)27-7-2-3-8-28(27)36-23-6-4-5-21(15-23)31(33,34)35)19-29(40)37-24-16-25-13-14-26(17-24)39(25)18-20-9-11-22(32)12-10-20;1-15(27-24(31)17-3-2-4-19(26)11-17)23(30)28-20-12-21-9-10-22(13-20)29(21)14-16-5-7-18(25)8-6-16/h2-12,15,24-26,36H,13-14,16-19H2,1H3,(H,37,40);2-8,11,15,20-22H,9-10,12-14H2,1H3,(H,27,31)(H,28,30)/t24?,25-,26+;15-,20?,21-,22+/m.1/s1. The highest BCUT2D eigenvalue weighted by Crippen LogP contribution is 2.39. The minimum absolute atomic E-state index is 0.0415. The van der Waals surface area contributed by atoms with Gasteiger partial charge in [-0.15, -0.1) is 0 Å². The van der Waals surface area contributed by atoms with Crippen LogP contribution in [-0.4, -0.2) is 94.2 Å². The summed E-state index contributed by atoms with van der Waals surface area (Å²) in [5.41, 5.74) is 2.96. The van der Waals surface area contributed by atoms with Gasteiger partial charge in [-0.25, -0.2) is 0 Å². The van der Waals surface area contributed by atoms with E-state index in [1.807, 2.05) is 24.3 Å². The molecule has 4 aliphatic heterocycles. The van der Waals surface area contributed by atoms with Crippen molar-refractivity contribution in [3.8, 4) is 0 Å². The number of para-hydroxylation sites is 1. The minimum atomic E-state index is -4.48. The molecular formula is C55H59Cl3F3N7O4. The topological polar surface area (TPSA) is 126 Å². The molecule has 4 heterocycles. The number of alkyl halides is 3. The van der Waals surface area contributed by atoms with E-state index >= 15 is 0 Å². The second-order valence-electron chi connectivity index (χ2n) is 19.4. The van der Waals surface area contributed by atoms with Gasteiger partial charge in [0.05, 0.1) is 23.4 Å². The minimum Gasteiger partial charge on any atom is -0.355 e. The van der Waals surface area contributed by atoms with Crippen molar-refractivity contribution in [3.05, 3.63) is 164 Å². The van der Waals surface area contributed by atoms with E-state index in [4.69, 9.17) is 34.8 Å². The number of amides is 4. The van der Waals surface area contributed by atoms with Crippen LogP contribution in [0.3, 0.4) is 0 Å². The first-order valence-corrected chi connectivity index (χ1v) is 25.5. The lowest BCUT2D eigenvalue weighted by Crippen LogP contribution is -2.53. The molecule has 5 aromatic rings. The third-order valence-electron chi connectivity index (χ3n) is 14.2. The van der Waals surface area contributed by atoms with Crippen LogP contribution in [0.5, 0.6) is 0 Å². The zero-order valence-corrected chi connectivity index (χ0v) is 42.4. The van der Waals surface area contributed by atoms with E-state index in [0.29, 0.717) is 40.4 Å². The first kappa shape index (κ1) is 52.7. The smallest absolute Gasteiger partial charge is 0.355 e. The predicted molar refractivity (Wildman–Crippen MR) is 276 cm³/mol. The largest absolute Gasteiger partial charge is 0.416 e. The number of nitrogens with zero attached hydrogens (tertiary/aromatic N) is 3. The third kappa shape index (κ3) is 13.7. The molecule has 4 bridgehead atoms. The molecule has 9 rings (SSSR count). The number of benzene rings is 5. The Morgan fingerprint density at radius 2 is 1.18 bits per heavy atom. The van der Waals surface area contributed by atoms with Crippen molar-refractivity contribution in [2.75, 3.05) is 18.9 Å². The van der Waals surface area contributed by atoms with Crippen molar-refractivity contribution in [2.24, 2.45) is 0 Å². The van der Waals surface area contributed by atoms with Gasteiger partial charge in [-0.3, -0.25) is 29.0 Å². The molecule has 4 saturated heterocycles. The van der Waals surface area contributed by atoms with Gasteiger partial charge in [0.2, 0.25) is 11.8 Å². The second-order valence-corrected chi connectivity index (χ2v) is 20.7. The molecular weight excluding hydrogens is 986 g/mol. The van der Waals surface area contributed by atoms with E-state index in [1.165, 1.54) is 28.2 Å². The number of carbonyl (C=O) groups is 4. The second kappa shape index (κ2) is 23.5. The summed E-state index contributed by atoms with van der Waals surface area (Å²) >= 11 is 18.0. The number of fused-ring (bicyclic) bond motifs is 4. The fourth-order valence-electron chi connectivity index (χ4n) is 10.7. The molecule has 17 heteroatoms. The van der Waals surface area contributed by atoms with Crippen LogP contribution < -0.4 is 21.3 Å². The normalized spacial score (nSPS) is 21.9. The molecule has 0 saturated carbocycles. The van der Waals surface area contributed by atoms with E-state index in [2.05, 4.69) is 55.3 Å². The molecule has 0 aliphatic carbocycles. The van der Waals surface area contributed by atoms with Gasteiger partial charge in [0.15, 0.2) is 0 Å². The molecule has 0 spiro atoms. The molecule has 72 heavy (non-hydrogen) atoms. The Labute approximate surface area is 433 Å². The number of halogens is 6. The van der Waals surface area contributed by atoms with E-state index in [-0.39, 0.29) is 47.6 Å². The Bertz CT molecular complexity index is 2680. The highest BCUT2D eigenvalue weighted by molar-refractivity contribution is 6.31. The molecule has 0 radical (unpaired) electrons. The summed E-state index contributed by atoms with van der Waals surface area (Å²) in [6.07, 6.45) is 3.62. The van der Waals surface area contributed by atoms with Gasteiger partial charge in [0, 0.05) is 82.7 Å². The number of carbonyl (C=O) groups excluding carboxylic acids is 4. The predicted octanol–water partition coefficient (Wildman–Crippen LogP) is 10.9. The molecule has 4 aliphatic rings. The lowest BCUT2D eigenvalue weighted by Gasteiger charge is -2.39. The zero-order valence-electron chi connectivity index (χ0n) is 40.1. The Hall–Kier alpha value is -5.64. The average Bonchev–Trinajstić information content (AvgIpc) is 3.71. The Morgan fingerprint density at radius 1 is 0.653 bits per heavy atom. The molecule has 4 amide bonds. The van der Waals surface area contributed by atoms with Gasteiger partial charge in [0.25, 0.3) is 11.8 Å². The van der Waals surface area contributed by atoms with Gasteiger partial charge >= 0.3 is 6.18 Å². The van der Waals surface area contributed by atoms with Crippen molar-refractivity contribution in [2.45, 2.75) is 120 Å². The first-order chi connectivity index (χ1) is 34.4. The van der Waals surface area contributed by atoms with Gasteiger partial charge in [0.1, 0.15) is 6.04 Å². The Balaban J connectivity index is 0.000000200. The van der Waals surface area contributed by atoms with E-state index in [0.717, 1.165) is 86.6 Å². The van der Waals surface area contributed by atoms with Crippen LogP contribution >= 0.6 is 34.8 Å². The number of nitrogens with one attached hydrogen (secondary N) is 4. The summed E-state index contributed by atoms with van der Waals surface area (Å²) in [4.78, 5) is 57.7. The van der Waals surface area contributed by atoms with Crippen molar-refractivity contribution < 1.29 is 32.3 Å². The maximum Gasteiger partial charge on any atom is 0.416 e. The molecule has 0 aromatic heterocycles. The fourth-order valence-corrected chi connectivity index (χ4v) is 11.1. The molecule has 2 unspecified atom stereocenters. The highest BCUT2D eigenvalue weighted by atomic mass is 35.5. The summed E-state index contributed by atoms with van der Waals surface area (Å²) < 4.78 is 39.4. The Morgan fingerprint density at radius 3 is 1.72 bits per heavy atom. The summed E-state index contributed by atoms with van der Waals surface area (Å²) in [7, 11) is 1.54. The van der Waals surface area contributed by atoms with Crippen molar-refractivity contribution in [1.29, 1.82) is 0 Å². The zero-order chi connectivity index (χ0) is 51.1. The van der Waals surface area contributed by atoms with E-state index < -0.39 is 23.7 Å². The third-order valence-corrected chi connectivity index (χ3v) is 15.0. The van der Waals surface area contributed by atoms with Gasteiger partial charge in [-0.2, -0.15) is 13.2 Å². The molecule has 7 atom stereocenters. The molecule has 4 fully saturated rings. The summed E-state index contributed by atoms with van der Waals surface area (Å²) in [6.45, 7) is 3.36. The van der Waals surface area contributed by atoms with Crippen molar-refractivity contribution >= 4 is 69.8 Å². The number of likely N-dealkylation sites (N-methyl/N-ethyl adjacent to an activating group) is 1. The molecule has 4 N–H and O–H groups in total. The van der Waals surface area contributed by atoms with E-state index in [9.17, 15) is 32.3 Å². The van der Waals surface area contributed by atoms with Crippen LogP contribution in [0.15, 0.2) is 121 Å². The van der Waals surface area contributed by atoms with Crippen LogP contribution in [0.1, 0.15) is 95.7 Å². The SMILES string of the molecule is CN(CC(=O)NC1C[C@H]2CC[C@@H](C1)N2Cc1ccc(Cl)cc1)C(=O)c1ccccc1Nc1cccc(C(F)(F)F)c1.C[C@@H](NC(=O)c1cccc(Cl)c1)C(=O)NC1C[C@H]2CC[C@@H](C1)N2Cc1ccc(Cl)cc1. The van der Waals surface area contributed by atoms with Crippen molar-refractivity contribution in [3.63, 3.8) is 0 Å². The lowest BCUT2D eigenvalue weighted by molar-refractivity contribution is -0.137. The van der Waals surface area contributed by atoms with Crippen LogP contribution in [0, 0.1) is 0 Å². The van der Waals surface area contributed by atoms with Crippen LogP contribution in [-0.2, 0) is 28.9 Å². The van der Waals surface area contributed by atoms with Gasteiger partial charge in [-0.1, -0.05) is 83.3 Å². The van der Waals surface area contributed by atoms with Crippen molar-refractivity contribution in [1.82, 2.24) is 30.7 Å². The summed E-state index contributed by atoms with van der Waals surface area (Å²) in [5.74, 6) is -1.10. The number of hydrogen-bond donors (Lipinski definition) is 4. The Kier molecular flexibility index (Phi) is 17.2. The van der Waals surface area contributed by atoms with Gasteiger partial charge < -0.3 is 26.2 Å². The van der Waals surface area contributed by atoms with Gasteiger partial charge in [-0.05, 0) is 142 Å². The summed E-state index contributed by atoms with van der Waals surface area (Å²) in [5, 5.41) is 13.9. The number of rotatable bonds is 14. The average molecular weight is 1050 g/mol. The summed E-state index contributed by atoms with van der Waals surface area (Å²) in [6, 6.07) is 35.3. The monoisotopic (exact) mass is 1040 g/mol. The van der Waals surface area contributed by atoms with Crippen LogP contribution in [0.4, 0.5) is 24.5 Å². The maximum absolute atomic E-state index is 13.3. The van der Waals surface area contributed by atoms with Crippen LogP contribution in [0.25, 0.3) is 0 Å². The lowest BCUT2D eigenvalue weighted by atomic mass is 9.96. The number of piperidine rings is 2. The number of anilines is 2. The molecule has 11 nitrogen and oxygen atoms in total. The quantitative estimate of drug-likeness (QED) is 0.0873. The highest BCUT2D eigenvalue weighted by Gasteiger charge is 2.42. The van der Waals surface area contributed by atoms with Crippen LogP contribution in [0.2, 0.25) is 15.1 Å². The number of hydrogen-bond acceptors (Lipinski definition) is 7. The first-order valence-electron chi connectivity index (χ1n) is 24.4. The van der Waals surface area contributed by atoms with E-state index in [1.54, 1.807) is 62.5 Å². The molecule has 380 valence electrons. The fraction of sp³-hybridized carbons (Fsp3) is 0.382. The molecule has 5 aromatic carbocycles.